The Morgan fingerprint density at radius 1 is 1.54 bits per heavy atom. The average Bonchev–Trinajstić information content (AvgIpc) is 2.19. The number of halogens is 1. The summed E-state index contributed by atoms with van der Waals surface area (Å²) in [6, 6.07) is 6.96. The van der Waals surface area contributed by atoms with Crippen molar-refractivity contribution in [1.82, 2.24) is 0 Å². The Kier molecular flexibility index (Phi) is 7.24. The van der Waals surface area contributed by atoms with Gasteiger partial charge in [0.25, 0.3) is 0 Å². The van der Waals surface area contributed by atoms with Crippen LogP contribution in [0.15, 0.2) is 24.3 Å². The second kappa shape index (κ2) is 7.76. The monoisotopic (exact) mass is 246 g/mol. The first kappa shape index (κ1) is 12.1. The molecule has 0 atom stereocenters. The first-order valence-corrected chi connectivity index (χ1v) is 4.38. The van der Waals surface area contributed by atoms with E-state index in [1.54, 1.807) is 31.2 Å². The van der Waals surface area contributed by atoms with Gasteiger partial charge in [-0.05, 0) is 19.1 Å². The van der Waals surface area contributed by atoms with Crippen LogP contribution in [0.1, 0.15) is 17.3 Å². The number of aliphatic hydroxyl groups is 1. The number of rotatable bonds is 2. The minimum Gasteiger partial charge on any atom is -0.417 e. The fraction of sp³-hybridized carbons (Fsp3) is 0.222. The quantitative estimate of drug-likeness (QED) is 0.815. The van der Waals surface area contributed by atoms with Gasteiger partial charge in [0.2, 0.25) is 0 Å². The van der Waals surface area contributed by atoms with Crippen LogP contribution in [0.25, 0.3) is 0 Å². The normalized spacial score (nSPS) is 8.23. The Labute approximate surface area is 85.8 Å². The molecule has 0 spiro atoms. The molecule has 0 fully saturated rings. The van der Waals surface area contributed by atoms with E-state index in [1.807, 2.05) is 0 Å². The molecule has 0 aliphatic carbocycles. The summed E-state index contributed by atoms with van der Waals surface area (Å²) in [6.07, 6.45) is 0.747. The standard InChI is InChI=1S/C7H5BrO2.C2H6O/c8-10-7-4-2-1-3-6(7)5-9;1-2-3/h1-5H;3H,2H2,1H3. The summed E-state index contributed by atoms with van der Waals surface area (Å²) in [6.45, 7) is 1.93. The third-order valence-electron chi connectivity index (χ3n) is 1.13. The molecule has 0 amide bonds. The molecule has 0 radical (unpaired) electrons. The van der Waals surface area contributed by atoms with Gasteiger partial charge in [0.15, 0.2) is 22.5 Å². The third-order valence-corrected chi connectivity index (χ3v) is 1.48. The molecule has 1 aromatic rings. The highest BCUT2D eigenvalue weighted by Crippen LogP contribution is 2.16. The van der Waals surface area contributed by atoms with Gasteiger partial charge in [0, 0.05) is 6.61 Å². The van der Waals surface area contributed by atoms with Crippen LogP contribution in [0, 0.1) is 0 Å². The molecule has 0 unspecified atom stereocenters. The van der Waals surface area contributed by atoms with Crippen molar-refractivity contribution in [2.24, 2.45) is 0 Å². The first-order valence-electron chi connectivity index (χ1n) is 3.73. The maximum atomic E-state index is 10.3. The molecule has 1 aromatic carbocycles. The summed E-state index contributed by atoms with van der Waals surface area (Å²) < 4.78 is 4.72. The van der Waals surface area contributed by atoms with E-state index in [2.05, 4.69) is 16.3 Å². The first-order chi connectivity index (χ1) is 6.29. The van der Waals surface area contributed by atoms with E-state index in [1.165, 1.54) is 0 Å². The maximum Gasteiger partial charge on any atom is 0.179 e. The minimum absolute atomic E-state index is 0.250. The number of aldehydes is 1. The van der Waals surface area contributed by atoms with Gasteiger partial charge < -0.3 is 8.93 Å². The van der Waals surface area contributed by atoms with Crippen LogP contribution in [-0.2, 0) is 0 Å². The Morgan fingerprint density at radius 2 is 2.08 bits per heavy atom. The zero-order chi connectivity index (χ0) is 10.1. The maximum absolute atomic E-state index is 10.3. The molecule has 3 nitrogen and oxygen atoms in total. The number of hydrogen-bond donors (Lipinski definition) is 1. The highest BCUT2D eigenvalue weighted by molar-refractivity contribution is 9.06. The van der Waals surface area contributed by atoms with Crippen molar-refractivity contribution in [3.05, 3.63) is 29.8 Å². The van der Waals surface area contributed by atoms with Crippen LogP contribution in [0.5, 0.6) is 5.75 Å². The van der Waals surface area contributed by atoms with Gasteiger partial charge in [-0.25, -0.2) is 0 Å². The zero-order valence-electron chi connectivity index (χ0n) is 7.24. The van der Waals surface area contributed by atoms with E-state index in [4.69, 9.17) is 8.93 Å². The van der Waals surface area contributed by atoms with E-state index in [9.17, 15) is 4.79 Å². The molecule has 0 saturated carbocycles. The fourth-order valence-corrected chi connectivity index (χ4v) is 0.943. The van der Waals surface area contributed by atoms with Crippen molar-refractivity contribution in [2.45, 2.75) is 6.92 Å². The summed E-state index contributed by atoms with van der Waals surface area (Å²) in [5.41, 5.74) is 0.541. The van der Waals surface area contributed by atoms with E-state index >= 15 is 0 Å². The highest BCUT2D eigenvalue weighted by atomic mass is 79.9. The van der Waals surface area contributed by atoms with Crippen LogP contribution >= 0.6 is 16.3 Å². The molecular weight excluding hydrogens is 236 g/mol. The fourth-order valence-electron chi connectivity index (χ4n) is 0.648. The van der Waals surface area contributed by atoms with Gasteiger partial charge in [-0.15, -0.1) is 0 Å². The molecular formula is C9H11BrO3. The Morgan fingerprint density at radius 3 is 2.46 bits per heavy atom. The van der Waals surface area contributed by atoms with E-state index in [-0.39, 0.29) is 6.61 Å². The largest absolute Gasteiger partial charge is 0.417 e. The van der Waals surface area contributed by atoms with Gasteiger partial charge in [-0.3, -0.25) is 4.79 Å². The second-order valence-corrected chi connectivity index (χ2v) is 2.37. The van der Waals surface area contributed by atoms with Gasteiger partial charge in [-0.2, -0.15) is 0 Å². The lowest BCUT2D eigenvalue weighted by Crippen LogP contribution is -1.83. The second-order valence-electron chi connectivity index (χ2n) is 2.05. The molecule has 0 saturated heterocycles. The number of carbonyl (C=O) groups is 1. The topological polar surface area (TPSA) is 46.5 Å². The molecule has 0 bridgehead atoms. The molecule has 13 heavy (non-hydrogen) atoms. The molecule has 0 aromatic heterocycles. The lowest BCUT2D eigenvalue weighted by molar-refractivity contribution is 0.112. The van der Waals surface area contributed by atoms with Crippen molar-refractivity contribution in [3.8, 4) is 5.75 Å². The van der Waals surface area contributed by atoms with Gasteiger partial charge in [0.05, 0.1) is 5.56 Å². The predicted molar refractivity (Wildman–Crippen MR) is 54.1 cm³/mol. The van der Waals surface area contributed by atoms with Gasteiger partial charge in [-0.1, -0.05) is 12.1 Å². The Hall–Kier alpha value is -0.870. The Bertz CT molecular complexity index is 250. The van der Waals surface area contributed by atoms with Crippen LogP contribution in [0.3, 0.4) is 0 Å². The van der Waals surface area contributed by atoms with E-state index in [0.717, 1.165) is 6.29 Å². The smallest absolute Gasteiger partial charge is 0.179 e. The molecule has 1 N–H and O–H groups in total. The van der Waals surface area contributed by atoms with Crippen molar-refractivity contribution in [3.63, 3.8) is 0 Å². The Balaban J connectivity index is 0.000000424. The summed E-state index contributed by atoms with van der Waals surface area (Å²) in [5.74, 6) is 0.539. The summed E-state index contributed by atoms with van der Waals surface area (Å²) in [7, 11) is 0. The number of aliphatic hydroxyl groups excluding tert-OH is 1. The molecule has 4 heteroatoms. The molecule has 0 aliphatic rings. The average molecular weight is 247 g/mol. The number of hydrogen-bond acceptors (Lipinski definition) is 3. The molecule has 72 valence electrons. The van der Waals surface area contributed by atoms with Crippen molar-refractivity contribution in [1.29, 1.82) is 0 Å². The van der Waals surface area contributed by atoms with Gasteiger partial charge >= 0.3 is 0 Å². The zero-order valence-corrected chi connectivity index (χ0v) is 8.82. The minimum atomic E-state index is 0.250. The highest BCUT2D eigenvalue weighted by Gasteiger charge is 1.97. The van der Waals surface area contributed by atoms with Crippen LogP contribution in [0.4, 0.5) is 0 Å². The molecule has 0 heterocycles. The van der Waals surface area contributed by atoms with Crippen molar-refractivity contribution >= 4 is 22.5 Å². The lowest BCUT2D eigenvalue weighted by atomic mass is 10.2. The van der Waals surface area contributed by atoms with E-state index < -0.39 is 0 Å². The summed E-state index contributed by atoms with van der Waals surface area (Å²) in [5, 5.41) is 7.57. The van der Waals surface area contributed by atoms with Crippen molar-refractivity contribution in [2.75, 3.05) is 6.61 Å². The van der Waals surface area contributed by atoms with E-state index in [0.29, 0.717) is 11.3 Å². The summed E-state index contributed by atoms with van der Waals surface area (Å²) in [4.78, 5) is 10.3. The molecule has 0 aliphatic heterocycles. The van der Waals surface area contributed by atoms with Crippen molar-refractivity contribution < 1.29 is 13.7 Å². The number of benzene rings is 1. The number of carbonyl (C=O) groups excluding carboxylic acids is 1. The van der Waals surface area contributed by atoms with Gasteiger partial charge in [0.1, 0.15) is 5.75 Å². The third kappa shape index (κ3) is 4.65. The lowest BCUT2D eigenvalue weighted by Gasteiger charge is -1.97. The number of para-hydroxylation sites is 1. The van der Waals surface area contributed by atoms with Crippen LogP contribution < -0.4 is 3.83 Å². The summed E-state index contributed by atoms with van der Waals surface area (Å²) >= 11 is 2.79. The predicted octanol–water partition coefficient (Wildman–Crippen LogP) is 2.19. The van der Waals surface area contributed by atoms with Crippen LogP contribution in [0.2, 0.25) is 0 Å². The van der Waals surface area contributed by atoms with Crippen LogP contribution in [-0.4, -0.2) is 18.0 Å². The SMILES string of the molecule is CCO.O=Cc1ccccc1OBr. The molecule has 1 rings (SSSR count).